The van der Waals surface area contributed by atoms with Crippen LogP contribution in [0.5, 0.6) is 0 Å². The molecule has 5 heteroatoms. The third-order valence-electron chi connectivity index (χ3n) is 4.28. The SMILES string of the molecule is Cc1ccc(NC(=CC=[NH+]c2ccc(C)c(Cl)c2)c2ccc(Cl)cc2)cc1Cl. The molecule has 0 atom stereocenters. The van der Waals surface area contributed by atoms with E-state index in [2.05, 4.69) is 10.3 Å². The van der Waals surface area contributed by atoms with Gasteiger partial charge in [0.15, 0.2) is 6.21 Å². The molecule has 3 aromatic carbocycles. The van der Waals surface area contributed by atoms with E-state index < -0.39 is 0 Å². The van der Waals surface area contributed by atoms with E-state index in [1.807, 2.05) is 86.8 Å². The van der Waals surface area contributed by atoms with Gasteiger partial charge >= 0.3 is 0 Å². The second kappa shape index (κ2) is 9.29. The summed E-state index contributed by atoms with van der Waals surface area (Å²) in [7, 11) is 0. The highest BCUT2D eigenvalue weighted by atomic mass is 35.5. The molecule has 28 heavy (non-hydrogen) atoms. The minimum Gasteiger partial charge on any atom is -0.355 e. The minimum absolute atomic E-state index is 0.692. The highest BCUT2D eigenvalue weighted by Crippen LogP contribution is 2.24. The summed E-state index contributed by atoms with van der Waals surface area (Å²) in [5, 5.41) is 5.57. The number of nitrogens with one attached hydrogen (secondary N) is 2. The fraction of sp³-hybridized carbons (Fsp3) is 0.0870. The van der Waals surface area contributed by atoms with Crippen LogP contribution in [0.15, 0.2) is 66.7 Å². The van der Waals surface area contributed by atoms with Gasteiger partial charge in [-0.05, 0) is 54.8 Å². The normalized spacial score (nSPS) is 11.8. The molecule has 0 fully saturated rings. The molecule has 0 aliphatic heterocycles. The molecule has 0 unspecified atom stereocenters. The number of hydrogen-bond acceptors (Lipinski definition) is 1. The predicted octanol–water partition coefficient (Wildman–Crippen LogP) is 6.20. The van der Waals surface area contributed by atoms with Crippen molar-refractivity contribution in [2.75, 3.05) is 5.32 Å². The van der Waals surface area contributed by atoms with Crippen molar-refractivity contribution < 1.29 is 4.99 Å². The molecule has 142 valence electrons. The van der Waals surface area contributed by atoms with Crippen molar-refractivity contribution in [1.29, 1.82) is 0 Å². The maximum Gasteiger partial charge on any atom is 0.204 e. The molecule has 0 heterocycles. The van der Waals surface area contributed by atoms with Gasteiger partial charge in [0, 0.05) is 33.9 Å². The molecule has 0 saturated heterocycles. The Morgan fingerprint density at radius 2 is 1.46 bits per heavy atom. The van der Waals surface area contributed by atoms with Gasteiger partial charge in [0.25, 0.3) is 0 Å². The van der Waals surface area contributed by atoms with E-state index in [1.54, 1.807) is 0 Å². The van der Waals surface area contributed by atoms with Gasteiger partial charge in [-0.3, -0.25) is 0 Å². The molecule has 0 aliphatic carbocycles. The van der Waals surface area contributed by atoms with E-state index in [1.165, 1.54) is 0 Å². The lowest BCUT2D eigenvalue weighted by Crippen LogP contribution is -2.61. The topological polar surface area (TPSA) is 26.0 Å². The lowest BCUT2D eigenvalue weighted by molar-refractivity contribution is -0.346. The minimum atomic E-state index is 0.692. The van der Waals surface area contributed by atoms with Gasteiger partial charge in [0.05, 0.1) is 10.7 Å². The number of hydrogen-bond donors (Lipinski definition) is 2. The fourth-order valence-corrected chi connectivity index (χ4v) is 3.06. The molecule has 0 radical (unpaired) electrons. The molecule has 0 bridgehead atoms. The first-order chi connectivity index (χ1) is 13.4. The predicted molar refractivity (Wildman–Crippen MR) is 122 cm³/mol. The Bertz CT molecular complexity index is 1040. The van der Waals surface area contributed by atoms with Gasteiger partial charge in [-0.1, -0.05) is 59.1 Å². The molecule has 3 aromatic rings. The van der Waals surface area contributed by atoms with Crippen molar-refractivity contribution in [1.82, 2.24) is 0 Å². The number of benzene rings is 3. The largest absolute Gasteiger partial charge is 0.355 e. The van der Waals surface area contributed by atoms with Crippen LogP contribution in [0.3, 0.4) is 0 Å². The lowest BCUT2D eigenvalue weighted by atomic mass is 10.1. The zero-order valence-corrected chi connectivity index (χ0v) is 17.8. The first kappa shape index (κ1) is 20.5. The summed E-state index contributed by atoms with van der Waals surface area (Å²) in [5.41, 5.74) is 5.81. The summed E-state index contributed by atoms with van der Waals surface area (Å²) in [4.78, 5) is 3.25. The van der Waals surface area contributed by atoms with E-state index >= 15 is 0 Å². The highest BCUT2D eigenvalue weighted by Gasteiger charge is 2.05. The monoisotopic (exact) mass is 429 g/mol. The van der Waals surface area contributed by atoms with Gasteiger partial charge < -0.3 is 5.32 Å². The van der Waals surface area contributed by atoms with E-state index in [4.69, 9.17) is 34.8 Å². The smallest absolute Gasteiger partial charge is 0.204 e. The van der Waals surface area contributed by atoms with Crippen LogP contribution in [0.1, 0.15) is 16.7 Å². The second-order valence-electron chi connectivity index (χ2n) is 6.45. The third-order valence-corrected chi connectivity index (χ3v) is 5.34. The average molecular weight is 431 g/mol. The summed E-state index contributed by atoms with van der Waals surface area (Å²) in [6.45, 7) is 3.96. The summed E-state index contributed by atoms with van der Waals surface area (Å²) < 4.78 is 0. The van der Waals surface area contributed by atoms with Crippen molar-refractivity contribution in [3.8, 4) is 0 Å². The molecule has 2 N–H and O–H groups in total. The Balaban J connectivity index is 1.91. The van der Waals surface area contributed by atoms with Gasteiger partial charge in [-0.25, -0.2) is 4.99 Å². The number of anilines is 1. The van der Waals surface area contributed by atoms with Gasteiger partial charge in [0.1, 0.15) is 0 Å². The Morgan fingerprint density at radius 1 is 0.821 bits per heavy atom. The van der Waals surface area contributed by atoms with Crippen LogP contribution in [0.4, 0.5) is 11.4 Å². The van der Waals surface area contributed by atoms with Crippen molar-refractivity contribution in [3.05, 3.63) is 98.5 Å². The molecule has 2 nitrogen and oxygen atoms in total. The van der Waals surface area contributed by atoms with Crippen LogP contribution in [0, 0.1) is 13.8 Å². The average Bonchev–Trinajstić information content (AvgIpc) is 2.67. The van der Waals surface area contributed by atoms with Crippen LogP contribution in [-0.4, -0.2) is 6.21 Å². The number of aryl methyl sites for hydroxylation is 2. The van der Waals surface area contributed by atoms with Crippen molar-refractivity contribution in [2.24, 2.45) is 0 Å². The summed E-state index contributed by atoms with van der Waals surface area (Å²) >= 11 is 18.5. The van der Waals surface area contributed by atoms with E-state index in [0.29, 0.717) is 5.02 Å². The maximum atomic E-state index is 6.27. The summed E-state index contributed by atoms with van der Waals surface area (Å²) in [6.07, 6.45) is 3.83. The molecule has 0 amide bonds. The fourth-order valence-electron chi connectivity index (χ4n) is 2.57. The molecular formula is C23H20Cl3N2+. The van der Waals surface area contributed by atoms with Crippen LogP contribution in [-0.2, 0) is 0 Å². The summed E-state index contributed by atoms with van der Waals surface area (Å²) in [5.74, 6) is 0. The number of rotatable bonds is 5. The molecule has 0 spiro atoms. The van der Waals surface area contributed by atoms with E-state index in [0.717, 1.165) is 43.8 Å². The quantitative estimate of drug-likeness (QED) is 0.463. The molecule has 0 saturated carbocycles. The first-order valence-corrected chi connectivity index (χ1v) is 9.91. The van der Waals surface area contributed by atoms with Gasteiger partial charge in [0.2, 0.25) is 5.69 Å². The van der Waals surface area contributed by atoms with Crippen molar-refractivity contribution in [3.63, 3.8) is 0 Å². The zero-order chi connectivity index (χ0) is 20.1. The van der Waals surface area contributed by atoms with Crippen molar-refractivity contribution >= 4 is 58.1 Å². The lowest BCUT2D eigenvalue weighted by Gasteiger charge is -2.12. The van der Waals surface area contributed by atoms with Gasteiger partial charge in [-0.15, -0.1) is 0 Å². The zero-order valence-electron chi connectivity index (χ0n) is 15.6. The third kappa shape index (κ3) is 5.39. The Hall–Kier alpha value is -2.26. The van der Waals surface area contributed by atoms with E-state index in [9.17, 15) is 0 Å². The highest BCUT2D eigenvalue weighted by molar-refractivity contribution is 6.32. The Labute approximate surface area is 180 Å². The molecular weight excluding hydrogens is 411 g/mol. The molecule has 3 rings (SSSR count). The number of allylic oxidation sites excluding steroid dienone is 1. The van der Waals surface area contributed by atoms with Crippen LogP contribution in [0.25, 0.3) is 5.70 Å². The maximum absolute atomic E-state index is 6.27. The molecule has 0 aromatic heterocycles. The second-order valence-corrected chi connectivity index (χ2v) is 7.70. The van der Waals surface area contributed by atoms with Crippen LogP contribution in [0.2, 0.25) is 15.1 Å². The first-order valence-electron chi connectivity index (χ1n) is 8.78. The Kier molecular flexibility index (Phi) is 6.79. The van der Waals surface area contributed by atoms with E-state index in [-0.39, 0.29) is 0 Å². The van der Waals surface area contributed by atoms with Crippen LogP contribution >= 0.6 is 34.8 Å². The van der Waals surface area contributed by atoms with Crippen LogP contribution < -0.4 is 10.3 Å². The Morgan fingerprint density at radius 3 is 2.11 bits per heavy atom. The number of halogens is 3. The molecule has 0 aliphatic rings. The standard InChI is InChI=1S/C23H19Cl3N2/c1-15-3-9-19(13-21(15)25)27-12-11-23(17-5-7-18(24)8-6-17)28-20-10-4-16(2)22(26)14-20/h3-14,28H,1-2H3/p+1. The summed E-state index contributed by atoms with van der Waals surface area (Å²) in [6, 6.07) is 19.4. The van der Waals surface area contributed by atoms with Gasteiger partial charge in [-0.2, -0.15) is 0 Å². The van der Waals surface area contributed by atoms with Crippen molar-refractivity contribution in [2.45, 2.75) is 13.8 Å².